The number of aromatic nitrogens is 1. The number of morpholine rings is 1. The van der Waals surface area contributed by atoms with E-state index in [0.29, 0.717) is 0 Å². The molecule has 1 aliphatic rings. The maximum Gasteiger partial charge on any atom is 0.0947 e. The molecule has 1 fully saturated rings. The summed E-state index contributed by atoms with van der Waals surface area (Å²) in [5, 5.41) is 1.16. The van der Waals surface area contributed by atoms with Crippen LogP contribution in [0.1, 0.15) is 29.4 Å². The maximum atomic E-state index is 6.46. The van der Waals surface area contributed by atoms with Gasteiger partial charge in [0, 0.05) is 36.0 Å². The first-order valence-corrected chi connectivity index (χ1v) is 7.74. The second-order valence-electron chi connectivity index (χ2n) is 5.81. The molecule has 5 heteroatoms. The van der Waals surface area contributed by atoms with Crippen LogP contribution < -0.4 is 5.73 Å². The lowest BCUT2D eigenvalue weighted by Gasteiger charge is -2.44. The Morgan fingerprint density at radius 1 is 1.37 bits per heavy atom. The molecule has 1 aliphatic heterocycles. The van der Waals surface area contributed by atoms with Crippen molar-refractivity contribution in [2.75, 3.05) is 26.3 Å². The first-order valence-electron chi connectivity index (χ1n) is 6.92. The van der Waals surface area contributed by atoms with Crippen molar-refractivity contribution in [3.05, 3.63) is 15.6 Å². The summed E-state index contributed by atoms with van der Waals surface area (Å²) in [7, 11) is 0. The van der Waals surface area contributed by atoms with Gasteiger partial charge in [-0.25, -0.2) is 4.98 Å². The minimum atomic E-state index is -0.0166. The summed E-state index contributed by atoms with van der Waals surface area (Å²) in [6.07, 6.45) is 0.851. The van der Waals surface area contributed by atoms with E-state index in [0.717, 1.165) is 43.4 Å². The molecule has 1 atom stereocenters. The Morgan fingerprint density at radius 3 is 2.53 bits per heavy atom. The van der Waals surface area contributed by atoms with Crippen LogP contribution in [0.25, 0.3) is 0 Å². The lowest BCUT2D eigenvalue weighted by Crippen LogP contribution is -2.59. The van der Waals surface area contributed by atoms with Crippen molar-refractivity contribution in [3.63, 3.8) is 0 Å². The Hall–Kier alpha value is -0.490. The van der Waals surface area contributed by atoms with E-state index in [1.807, 2.05) is 0 Å². The van der Waals surface area contributed by atoms with E-state index >= 15 is 0 Å². The van der Waals surface area contributed by atoms with Crippen molar-refractivity contribution in [2.24, 2.45) is 5.73 Å². The van der Waals surface area contributed by atoms with Gasteiger partial charge >= 0.3 is 0 Å². The molecule has 0 bridgehead atoms. The molecule has 1 unspecified atom stereocenters. The Balaban J connectivity index is 2.02. The normalized spacial score (nSPS) is 19.6. The lowest BCUT2D eigenvalue weighted by molar-refractivity contribution is -0.0186. The van der Waals surface area contributed by atoms with E-state index in [1.54, 1.807) is 11.3 Å². The van der Waals surface area contributed by atoms with Crippen LogP contribution >= 0.6 is 11.3 Å². The van der Waals surface area contributed by atoms with Gasteiger partial charge in [0.1, 0.15) is 0 Å². The number of nitrogens with two attached hydrogens (primary N) is 1. The van der Waals surface area contributed by atoms with E-state index < -0.39 is 0 Å². The molecular formula is C14H25N3OS. The minimum absolute atomic E-state index is 0.0166. The summed E-state index contributed by atoms with van der Waals surface area (Å²) in [6.45, 7) is 12.2. The van der Waals surface area contributed by atoms with Gasteiger partial charge in [-0.15, -0.1) is 11.3 Å². The number of ether oxygens (including phenoxy) is 1. The summed E-state index contributed by atoms with van der Waals surface area (Å²) >= 11 is 1.77. The molecular weight excluding hydrogens is 258 g/mol. The molecule has 0 spiro atoms. The van der Waals surface area contributed by atoms with Gasteiger partial charge in [0.15, 0.2) is 0 Å². The summed E-state index contributed by atoms with van der Waals surface area (Å²) < 4.78 is 5.42. The van der Waals surface area contributed by atoms with Crippen molar-refractivity contribution >= 4 is 11.3 Å². The number of hydrogen-bond donors (Lipinski definition) is 1. The van der Waals surface area contributed by atoms with Crippen LogP contribution in [-0.4, -0.2) is 47.8 Å². The highest BCUT2D eigenvalue weighted by Crippen LogP contribution is 2.24. The minimum Gasteiger partial charge on any atom is -0.379 e. The fourth-order valence-electron chi connectivity index (χ4n) is 2.44. The van der Waals surface area contributed by atoms with Crippen LogP contribution in [0.5, 0.6) is 0 Å². The topological polar surface area (TPSA) is 51.4 Å². The molecule has 0 aromatic carbocycles. The monoisotopic (exact) mass is 283 g/mol. The predicted octanol–water partition coefficient (Wildman–Crippen LogP) is 1.74. The van der Waals surface area contributed by atoms with Gasteiger partial charge in [0.25, 0.3) is 0 Å². The van der Waals surface area contributed by atoms with Crippen LogP contribution in [0.4, 0.5) is 0 Å². The molecule has 1 aromatic rings. The Bertz CT molecular complexity index is 405. The highest BCUT2D eigenvalue weighted by atomic mass is 32.1. The van der Waals surface area contributed by atoms with Crippen LogP contribution in [0, 0.1) is 13.8 Å². The summed E-state index contributed by atoms with van der Waals surface area (Å²) in [4.78, 5) is 8.34. The number of rotatable bonds is 4. The van der Waals surface area contributed by atoms with E-state index in [-0.39, 0.29) is 11.6 Å². The molecule has 1 saturated heterocycles. The molecule has 19 heavy (non-hydrogen) atoms. The summed E-state index contributed by atoms with van der Waals surface area (Å²) in [5.74, 6) is 0. The van der Waals surface area contributed by atoms with E-state index in [1.165, 1.54) is 4.88 Å². The van der Waals surface area contributed by atoms with Crippen LogP contribution in [0.15, 0.2) is 0 Å². The zero-order valence-corrected chi connectivity index (χ0v) is 13.2. The highest BCUT2D eigenvalue weighted by Gasteiger charge is 2.34. The lowest BCUT2D eigenvalue weighted by atomic mass is 9.90. The second-order valence-corrected chi connectivity index (χ2v) is 7.10. The molecule has 4 nitrogen and oxygen atoms in total. The highest BCUT2D eigenvalue weighted by molar-refractivity contribution is 7.11. The standard InChI is InChI=1S/C14H25N3OS/c1-10-11(2)19-13(16-10)9-12(15)14(3,4)17-5-7-18-8-6-17/h12H,5-9,15H2,1-4H3. The van der Waals surface area contributed by atoms with Gasteiger partial charge in [-0.05, 0) is 27.7 Å². The molecule has 2 heterocycles. The quantitative estimate of drug-likeness (QED) is 0.914. The fourth-order valence-corrected chi connectivity index (χ4v) is 3.43. The van der Waals surface area contributed by atoms with Gasteiger partial charge < -0.3 is 10.5 Å². The second kappa shape index (κ2) is 5.87. The fraction of sp³-hybridized carbons (Fsp3) is 0.786. The third kappa shape index (κ3) is 3.34. The van der Waals surface area contributed by atoms with Gasteiger partial charge in [0.05, 0.1) is 23.9 Å². The van der Waals surface area contributed by atoms with Gasteiger partial charge in [-0.2, -0.15) is 0 Å². The number of nitrogens with zero attached hydrogens (tertiary/aromatic N) is 2. The molecule has 0 saturated carbocycles. The zero-order valence-electron chi connectivity index (χ0n) is 12.4. The van der Waals surface area contributed by atoms with Crippen LogP contribution in [0.3, 0.4) is 0 Å². The van der Waals surface area contributed by atoms with Crippen LogP contribution in [-0.2, 0) is 11.2 Å². The third-order valence-corrected chi connectivity index (χ3v) is 5.30. The third-order valence-electron chi connectivity index (χ3n) is 4.20. The molecule has 2 N–H and O–H groups in total. The predicted molar refractivity (Wildman–Crippen MR) is 79.7 cm³/mol. The Morgan fingerprint density at radius 2 is 2.00 bits per heavy atom. The maximum absolute atomic E-state index is 6.46. The van der Waals surface area contributed by atoms with Crippen molar-refractivity contribution in [1.29, 1.82) is 0 Å². The molecule has 0 aliphatic carbocycles. The SMILES string of the molecule is Cc1nc(CC(N)C(C)(C)N2CCOCC2)sc1C. The van der Waals surface area contributed by atoms with Gasteiger partial charge in [0.2, 0.25) is 0 Å². The smallest absolute Gasteiger partial charge is 0.0947 e. The Kier molecular flexibility index (Phi) is 4.61. The Labute approximate surface area is 120 Å². The molecule has 2 rings (SSSR count). The number of thiazole rings is 1. The first-order chi connectivity index (χ1) is 8.91. The van der Waals surface area contributed by atoms with E-state index in [9.17, 15) is 0 Å². The molecule has 0 radical (unpaired) electrons. The first kappa shape index (κ1) is 14.9. The molecule has 0 amide bonds. The summed E-state index contributed by atoms with van der Waals surface area (Å²) in [5.41, 5.74) is 7.58. The van der Waals surface area contributed by atoms with Gasteiger partial charge in [-0.1, -0.05) is 0 Å². The van der Waals surface area contributed by atoms with E-state index in [4.69, 9.17) is 10.5 Å². The summed E-state index contributed by atoms with van der Waals surface area (Å²) in [6, 6.07) is 0.0931. The van der Waals surface area contributed by atoms with Crippen LogP contribution in [0.2, 0.25) is 0 Å². The van der Waals surface area contributed by atoms with Crippen molar-refractivity contribution in [2.45, 2.75) is 45.7 Å². The van der Waals surface area contributed by atoms with E-state index in [2.05, 4.69) is 37.6 Å². The number of aryl methyl sites for hydroxylation is 2. The van der Waals surface area contributed by atoms with Crippen molar-refractivity contribution < 1.29 is 4.74 Å². The number of hydrogen-bond acceptors (Lipinski definition) is 5. The largest absolute Gasteiger partial charge is 0.379 e. The van der Waals surface area contributed by atoms with Crippen molar-refractivity contribution in [1.82, 2.24) is 9.88 Å². The zero-order chi connectivity index (χ0) is 14.0. The molecule has 1 aromatic heterocycles. The molecule has 108 valence electrons. The van der Waals surface area contributed by atoms with Crippen molar-refractivity contribution in [3.8, 4) is 0 Å². The average Bonchev–Trinajstić information content (AvgIpc) is 2.69. The van der Waals surface area contributed by atoms with Gasteiger partial charge in [-0.3, -0.25) is 4.90 Å². The average molecular weight is 283 g/mol.